The number of nitrogens with zero attached hydrogens (tertiary/aromatic N) is 2. The Morgan fingerprint density at radius 1 is 1.20 bits per heavy atom. The molecule has 0 bridgehead atoms. The van der Waals surface area contributed by atoms with Crippen LogP contribution in [0.1, 0.15) is 35.3 Å². The van der Waals surface area contributed by atoms with Crippen LogP contribution in [0.2, 0.25) is 0 Å². The molecule has 0 atom stereocenters. The highest BCUT2D eigenvalue weighted by Gasteiger charge is 2.14. The summed E-state index contributed by atoms with van der Waals surface area (Å²) >= 11 is 1.72. The van der Waals surface area contributed by atoms with E-state index in [1.807, 2.05) is 25.1 Å². The summed E-state index contributed by atoms with van der Waals surface area (Å²) in [6.07, 6.45) is 0. The fourth-order valence-corrected chi connectivity index (χ4v) is 3.84. The van der Waals surface area contributed by atoms with Gasteiger partial charge in [0.05, 0.1) is 23.2 Å². The number of imidazole rings is 1. The number of esters is 1. The van der Waals surface area contributed by atoms with Crippen molar-refractivity contribution in [3.8, 4) is 0 Å². The molecule has 0 aliphatic rings. The maximum atomic E-state index is 11.9. The van der Waals surface area contributed by atoms with E-state index >= 15 is 0 Å². The molecule has 0 saturated carbocycles. The smallest absolute Gasteiger partial charge is 0.338 e. The quantitative estimate of drug-likeness (QED) is 0.470. The normalized spacial score (nSPS) is 11.0. The Labute approximate surface area is 152 Å². The lowest BCUT2D eigenvalue weighted by atomic mass is 10.2. The van der Waals surface area contributed by atoms with Gasteiger partial charge in [0.25, 0.3) is 0 Å². The number of fused-ring (bicyclic) bond motifs is 1. The number of aromatic nitrogens is 2. The van der Waals surface area contributed by atoms with Crippen LogP contribution in [0, 0.1) is 6.92 Å². The third-order valence-electron chi connectivity index (χ3n) is 3.99. The first-order valence-corrected chi connectivity index (χ1v) is 9.46. The largest absolute Gasteiger partial charge is 0.462 e. The van der Waals surface area contributed by atoms with Crippen molar-refractivity contribution in [2.24, 2.45) is 0 Å². The molecule has 3 aromatic rings. The van der Waals surface area contributed by atoms with Crippen LogP contribution in [0.4, 0.5) is 0 Å². The molecule has 1 heterocycles. The van der Waals surface area contributed by atoms with Crippen LogP contribution in [0.3, 0.4) is 0 Å². The monoisotopic (exact) mass is 354 g/mol. The highest BCUT2D eigenvalue weighted by molar-refractivity contribution is 7.98. The number of hydrogen-bond acceptors (Lipinski definition) is 4. The zero-order chi connectivity index (χ0) is 17.8. The minimum atomic E-state index is -0.301. The third-order valence-corrected chi connectivity index (χ3v) is 5.04. The summed E-state index contributed by atoms with van der Waals surface area (Å²) in [5.41, 5.74) is 4.97. The van der Waals surface area contributed by atoms with E-state index in [0.717, 1.165) is 28.5 Å². The predicted molar refractivity (Wildman–Crippen MR) is 102 cm³/mol. The summed E-state index contributed by atoms with van der Waals surface area (Å²) in [6, 6.07) is 14.1. The lowest BCUT2D eigenvalue weighted by Gasteiger charge is -2.06. The van der Waals surface area contributed by atoms with Gasteiger partial charge in [-0.25, -0.2) is 9.78 Å². The van der Waals surface area contributed by atoms with E-state index in [1.54, 1.807) is 11.8 Å². The molecule has 0 radical (unpaired) electrons. The lowest BCUT2D eigenvalue weighted by molar-refractivity contribution is 0.0526. The summed E-state index contributed by atoms with van der Waals surface area (Å²) in [5.74, 6) is 0.569. The molecular formula is C20H22N2O2S. The van der Waals surface area contributed by atoms with Gasteiger partial charge in [0.15, 0.2) is 5.16 Å². The number of aryl methyl sites for hydroxylation is 2. The topological polar surface area (TPSA) is 44.1 Å². The van der Waals surface area contributed by atoms with Crippen molar-refractivity contribution in [2.45, 2.75) is 38.2 Å². The molecule has 130 valence electrons. The second kappa shape index (κ2) is 7.74. The van der Waals surface area contributed by atoms with Gasteiger partial charge in [-0.05, 0) is 44.5 Å². The van der Waals surface area contributed by atoms with Gasteiger partial charge in [0.1, 0.15) is 0 Å². The van der Waals surface area contributed by atoms with Gasteiger partial charge in [-0.2, -0.15) is 0 Å². The standard InChI is InChI=1S/C20H22N2O2S/c1-4-22-18-10-9-16(19(23)24-5-2)12-17(18)21-20(22)25-13-15-8-6-7-14(3)11-15/h6-12H,4-5,13H2,1-3H3. The molecule has 2 aromatic carbocycles. The van der Waals surface area contributed by atoms with E-state index in [4.69, 9.17) is 9.72 Å². The summed E-state index contributed by atoms with van der Waals surface area (Å²) in [4.78, 5) is 16.7. The van der Waals surface area contributed by atoms with Gasteiger partial charge in [0, 0.05) is 12.3 Å². The van der Waals surface area contributed by atoms with Crippen molar-refractivity contribution in [3.63, 3.8) is 0 Å². The van der Waals surface area contributed by atoms with Crippen molar-refractivity contribution in [3.05, 3.63) is 59.2 Å². The fraction of sp³-hybridized carbons (Fsp3) is 0.300. The number of carbonyl (C=O) groups is 1. The Kier molecular flexibility index (Phi) is 5.43. The fourth-order valence-electron chi connectivity index (χ4n) is 2.81. The first-order chi connectivity index (χ1) is 12.1. The van der Waals surface area contributed by atoms with Gasteiger partial charge in [-0.1, -0.05) is 41.6 Å². The minimum Gasteiger partial charge on any atom is -0.462 e. The van der Waals surface area contributed by atoms with Gasteiger partial charge >= 0.3 is 5.97 Å². The molecule has 25 heavy (non-hydrogen) atoms. The van der Waals surface area contributed by atoms with E-state index in [1.165, 1.54) is 11.1 Å². The lowest BCUT2D eigenvalue weighted by Crippen LogP contribution is -2.04. The van der Waals surface area contributed by atoms with E-state index in [-0.39, 0.29) is 5.97 Å². The molecular weight excluding hydrogens is 332 g/mol. The van der Waals surface area contributed by atoms with Crippen molar-refractivity contribution in [1.29, 1.82) is 0 Å². The van der Waals surface area contributed by atoms with Crippen LogP contribution in [-0.4, -0.2) is 22.1 Å². The molecule has 0 saturated heterocycles. The van der Waals surface area contributed by atoms with Gasteiger partial charge < -0.3 is 9.30 Å². The summed E-state index contributed by atoms with van der Waals surface area (Å²) < 4.78 is 7.26. The van der Waals surface area contributed by atoms with Crippen LogP contribution >= 0.6 is 11.8 Å². The molecule has 0 aliphatic heterocycles. The zero-order valence-corrected chi connectivity index (χ0v) is 15.6. The number of benzene rings is 2. The Morgan fingerprint density at radius 3 is 2.76 bits per heavy atom. The van der Waals surface area contributed by atoms with Crippen LogP contribution in [0.5, 0.6) is 0 Å². The van der Waals surface area contributed by atoms with Gasteiger partial charge in [-0.15, -0.1) is 0 Å². The van der Waals surface area contributed by atoms with Crippen LogP contribution in [0.15, 0.2) is 47.6 Å². The Hall–Kier alpha value is -2.27. The van der Waals surface area contributed by atoms with Crippen LogP contribution in [-0.2, 0) is 17.0 Å². The molecule has 3 rings (SSSR count). The minimum absolute atomic E-state index is 0.301. The second-order valence-electron chi connectivity index (χ2n) is 5.84. The molecule has 0 aliphatic carbocycles. The summed E-state index contributed by atoms with van der Waals surface area (Å²) in [7, 11) is 0. The van der Waals surface area contributed by atoms with Crippen molar-refractivity contribution in [1.82, 2.24) is 9.55 Å². The van der Waals surface area contributed by atoms with Crippen molar-refractivity contribution >= 4 is 28.8 Å². The van der Waals surface area contributed by atoms with Crippen molar-refractivity contribution < 1.29 is 9.53 Å². The molecule has 0 unspecified atom stereocenters. The number of thioether (sulfide) groups is 1. The van der Waals surface area contributed by atoms with E-state index in [2.05, 4.69) is 42.7 Å². The Morgan fingerprint density at radius 2 is 2.04 bits per heavy atom. The third kappa shape index (κ3) is 3.87. The SMILES string of the molecule is CCOC(=O)c1ccc2c(c1)nc(SCc1cccc(C)c1)n2CC. The summed E-state index contributed by atoms with van der Waals surface area (Å²) in [6.45, 7) is 7.23. The predicted octanol–water partition coefficient (Wildman–Crippen LogP) is 4.83. The molecule has 1 aromatic heterocycles. The molecule has 0 fully saturated rings. The Balaban J connectivity index is 1.88. The van der Waals surface area contributed by atoms with Crippen molar-refractivity contribution in [2.75, 3.05) is 6.61 Å². The highest BCUT2D eigenvalue weighted by atomic mass is 32.2. The maximum absolute atomic E-state index is 11.9. The molecule has 0 amide bonds. The van der Waals surface area contributed by atoms with E-state index in [0.29, 0.717) is 12.2 Å². The van der Waals surface area contributed by atoms with Gasteiger partial charge in [-0.3, -0.25) is 0 Å². The Bertz CT molecular complexity index is 902. The van der Waals surface area contributed by atoms with E-state index < -0.39 is 0 Å². The first kappa shape index (κ1) is 17.5. The molecule has 0 N–H and O–H groups in total. The second-order valence-corrected chi connectivity index (χ2v) is 6.78. The first-order valence-electron chi connectivity index (χ1n) is 8.48. The number of ether oxygens (including phenoxy) is 1. The summed E-state index contributed by atoms with van der Waals surface area (Å²) in [5, 5.41) is 0.972. The van der Waals surface area contributed by atoms with Gasteiger partial charge in [0.2, 0.25) is 0 Å². The molecule has 0 spiro atoms. The van der Waals surface area contributed by atoms with Crippen LogP contribution in [0.25, 0.3) is 11.0 Å². The van der Waals surface area contributed by atoms with E-state index in [9.17, 15) is 4.79 Å². The number of rotatable bonds is 6. The highest BCUT2D eigenvalue weighted by Crippen LogP contribution is 2.27. The number of hydrogen-bond donors (Lipinski definition) is 0. The average Bonchev–Trinajstić information content (AvgIpc) is 2.96. The number of carbonyl (C=O) groups excluding carboxylic acids is 1. The zero-order valence-electron chi connectivity index (χ0n) is 14.8. The average molecular weight is 354 g/mol. The molecule has 5 heteroatoms. The van der Waals surface area contributed by atoms with Crippen LogP contribution < -0.4 is 0 Å². The maximum Gasteiger partial charge on any atom is 0.338 e. The molecule has 4 nitrogen and oxygen atoms in total.